The molecule has 0 bridgehead atoms. The number of imidazole rings is 1. The molecule has 5 rings (SSSR count). The Labute approximate surface area is 212 Å². The number of halogens is 2. The van der Waals surface area contributed by atoms with E-state index in [9.17, 15) is 9.59 Å². The summed E-state index contributed by atoms with van der Waals surface area (Å²) in [5, 5.41) is 5.48. The number of aromatic nitrogens is 4. The molecule has 0 saturated heterocycles. The highest BCUT2D eigenvalue weighted by molar-refractivity contribution is 7.16. The molecule has 4 aromatic rings. The van der Waals surface area contributed by atoms with E-state index in [-0.39, 0.29) is 39.1 Å². The van der Waals surface area contributed by atoms with Crippen molar-refractivity contribution in [3.05, 3.63) is 61.5 Å². The van der Waals surface area contributed by atoms with Gasteiger partial charge in [0, 0.05) is 33.3 Å². The summed E-state index contributed by atoms with van der Waals surface area (Å²) >= 11 is 8.50. The summed E-state index contributed by atoms with van der Waals surface area (Å²) < 4.78 is 22.7. The summed E-state index contributed by atoms with van der Waals surface area (Å²) in [6, 6.07) is 3.67. The van der Waals surface area contributed by atoms with E-state index in [1.807, 2.05) is 6.92 Å². The van der Waals surface area contributed by atoms with Crippen LogP contribution in [0.3, 0.4) is 0 Å². The molecule has 0 N–H and O–H groups in total. The zero-order valence-corrected chi connectivity index (χ0v) is 21.4. The number of carbonyl (C=O) groups excluding carboxylic acids is 2. The molecule has 1 aliphatic rings. The lowest BCUT2D eigenvalue weighted by atomic mass is 10.0. The minimum Gasteiger partial charge on any atom is -0.481 e. The van der Waals surface area contributed by atoms with E-state index >= 15 is 4.39 Å². The molecule has 0 radical (unpaired) electrons. The Morgan fingerprint density at radius 3 is 2.89 bits per heavy atom. The number of aryl methyl sites for hydroxylation is 1. The van der Waals surface area contributed by atoms with Crippen LogP contribution in [0.2, 0.25) is 5.15 Å². The van der Waals surface area contributed by atoms with Gasteiger partial charge in [-0.2, -0.15) is 5.10 Å². The van der Waals surface area contributed by atoms with Gasteiger partial charge in [-0.25, -0.2) is 18.9 Å². The Balaban J connectivity index is 1.56. The van der Waals surface area contributed by atoms with Crippen LogP contribution in [0.4, 0.5) is 4.39 Å². The topological polar surface area (TPSA) is 92.9 Å². The fourth-order valence-corrected chi connectivity index (χ4v) is 6.11. The van der Waals surface area contributed by atoms with Crippen molar-refractivity contribution < 1.29 is 18.7 Å². The SMILES string of the molecule is Cc1nn2c3c(nc2s1)CCN(C(=O)COc1cccnc1Cl)C3c1sc(C(=O)N(C)C)cc1F. The molecule has 35 heavy (non-hydrogen) atoms. The number of hydrogen-bond acceptors (Lipinski definition) is 8. The number of thiophene rings is 1. The fourth-order valence-electron chi connectivity index (χ4n) is 3.99. The van der Waals surface area contributed by atoms with Crippen molar-refractivity contribution in [2.24, 2.45) is 0 Å². The molecule has 0 saturated carbocycles. The molecule has 0 aromatic carbocycles. The molecule has 2 amide bonds. The minimum absolute atomic E-state index is 0.143. The van der Waals surface area contributed by atoms with Crippen LogP contribution in [0.25, 0.3) is 4.96 Å². The Hall–Kier alpha value is -3.09. The molecule has 9 nitrogen and oxygen atoms in total. The van der Waals surface area contributed by atoms with Crippen LogP contribution in [-0.4, -0.2) is 68.4 Å². The van der Waals surface area contributed by atoms with Crippen LogP contribution < -0.4 is 4.74 Å². The number of pyridine rings is 1. The second kappa shape index (κ2) is 9.17. The summed E-state index contributed by atoms with van der Waals surface area (Å²) in [5.41, 5.74) is 1.37. The first kappa shape index (κ1) is 23.6. The standard InChI is InChI=1S/C22H20ClFN6O3S2/c1-11-27-30-17-13(26-22(30)34-11)6-8-29(16(31)10-33-14-5-4-7-25-20(14)23)18(17)19-12(24)9-15(35-19)21(32)28(2)3/h4-5,7,9,18H,6,8,10H2,1-3H3. The first-order valence-corrected chi connectivity index (χ1v) is 12.6. The predicted octanol–water partition coefficient (Wildman–Crippen LogP) is 3.60. The number of carbonyl (C=O) groups is 2. The summed E-state index contributed by atoms with van der Waals surface area (Å²) in [6.45, 7) is 1.85. The van der Waals surface area contributed by atoms with E-state index in [4.69, 9.17) is 16.3 Å². The van der Waals surface area contributed by atoms with Crippen LogP contribution >= 0.6 is 34.3 Å². The second-order valence-corrected chi connectivity index (χ2v) is 10.7. The highest BCUT2D eigenvalue weighted by atomic mass is 35.5. The van der Waals surface area contributed by atoms with Gasteiger partial charge in [-0.3, -0.25) is 9.59 Å². The largest absolute Gasteiger partial charge is 0.481 e. The molecule has 13 heteroatoms. The summed E-state index contributed by atoms with van der Waals surface area (Å²) in [5.74, 6) is -0.962. The van der Waals surface area contributed by atoms with Crippen molar-refractivity contribution in [1.29, 1.82) is 0 Å². The van der Waals surface area contributed by atoms with Gasteiger partial charge in [-0.15, -0.1) is 11.3 Å². The van der Waals surface area contributed by atoms with Crippen molar-refractivity contribution >= 4 is 51.0 Å². The van der Waals surface area contributed by atoms with Gasteiger partial charge >= 0.3 is 0 Å². The molecule has 0 fully saturated rings. The highest BCUT2D eigenvalue weighted by Crippen LogP contribution is 2.41. The molecule has 1 aliphatic heterocycles. The molecule has 1 atom stereocenters. The number of ether oxygens (including phenoxy) is 1. The second-order valence-electron chi connectivity index (χ2n) is 8.10. The molecule has 4 aromatic heterocycles. The smallest absolute Gasteiger partial charge is 0.263 e. The summed E-state index contributed by atoms with van der Waals surface area (Å²) in [7, 11) is 3.21. The number of nitrogens with zero attached hydrogens (tertiary/aromatic N) is 6. The number of hydrogen-bond donors (Lipinski definition) is 0. The van der Waals surface area contributed by atoms with Gasteiger partial charge in [0.2, 0.25) is 4.96 Å². The summed E-state index contributed by atoms with van der Waals surface area (Å²) in [4.78, 5) is 38.7. The van der Waals surface area contributed by atoms with Gasteiger partial charge in [-0.1, -0.05) is 22.9 Å². The van der Waals surface area contributed by atoms with Gasteiger partial charge in [-0.05, 0) is 25.1 Å². The highest BCUT2D eigenvalue weighted by Gasteiger charge is 2.39. The van der Waals surface area contributed by atoms with Crippen molar-refractivity contribution in [2.75, 3.05) is 27.2 Å². The van der Waals surface area contributed by atoms with Crippen LogP contribution in [-0.2, 0) is 11.2 Å². The van der Waals surface area contributed by atoms with Crippen LogP contribution in [0.5, 0.6) is 5.75 Å². The van der Waals surface area contributed by atoms with Crippen molar-refractivity contribution in [3.8, 4) is 5.75 Å². The Morgan fingerprint density at radius 1 is 1.34 bits per heavy atom. The quantitative estimate of drug-likeness (QED) is 0.363. The van der Waals surface area contributed by atoms with E-state index in [0.29, 0.717) is 23.6 Å². The van der Waals surface area contributed by atoms with Gasteiger partial charge in [0.1, 0.15) is 16.9 Å². The van der Waals surface area contributed by atoms with Crippen LogP contribution in [0, 0.1) is 12.7 Å². The Morgan fingerprint density at radius 2 is 2.14 bits per heavy atom. The lowest BCUT2D eigenvalue weighted by Gasteiger charge is -2.34. The van der Waals surface area contributed by atoms with E-state index < -0.39 is 11.9 Å². The number of rotatable bonds is 5. The zero-order chi connectivity index (χ0) is 24.9. The molecule has 1 unspecified atom stereocenters. The molecule has 182 valence electrons. The van der Waals surface area contributed by atoms with E-state index in [1.54, 1.807) is 35.6 Å². The van der Waals surface area contributed by atoms with E-state index in [2.05, 4.69) is 15.1 Å². The van der Waals surface area contributed by atoms with E-state index in [1.165, 1.54) is 28.5 Å². The minimum atomic E-state index is -0.815. The third-order valence-corrected chi connectivity index (χ3v) is 7.81. The fraction of sp³-hybridized carbons (Fsp3) is 0.318. The first-order chi connectivity index (χ1) is 16.7. The molecule has 0 spiro atoms. The average molecular weight is 535 g/mol. The normalized spacial score (nSPS) is 15.3. The average Bonchev–Trinajstić information content (AvgIpc) is 3.48. The maximum Gasteiger partial charge on any atom is 0.263 e. The lowest BCUT2D eigenvalue weighted by molar-refractivity contribution is -0.135. The van der Waals surface area contributed by atoms with Crippen molar-refractivity contribution in [2.45, 2.75) is 19.4 Å². The maximum atomic E-state index is 15.4. The van der Waals surface area contributed by atoms with Crippen LogP contribution in [0.1, 0.15) is 37.0 Å². The lowest BCUT2D eigenvalue weighted by Crippen LogP contribution is -2.43. The Bertz CT molecular complexity index is 1450. The van der Waals surface area contributed by atoms with Crippen molar-refractivity contribution in [1.82, 2.24) is 29.4 Å². The molecule has 0 aliphatic carbocycles. The van der Waals surface area contributed by atoms with Gasteiger partial charge in [0.15, 0.2) is 17.5 Å². The van der Waals surface area contributed by atoms with Gasteiger partial charge < -0.3 is 14.5 Å². The van der Waals surface area contributed by atoms with E-state index in [0.717, 1.165) is 22.0 Å². The number of fused-ring (bicyclic) bond motifs is 3. The number of amides is 2. The maximum absolute atomic E-state index is 15.4. The predicted molar refractivity (Wildman–Crippen MR) is 130 cm³/mol. The molecular weight excluding hydrogens is 515 g/mol. The first-order valence-electron chi connectivity index (χ1n) is 10.6. The molecular formula is C22H20ClFN6O3S2. The summed E-state index contributed by atoms with van der Waals surface area (Å²) in [6.07, 6.45) is 2.00. The third-order valence-electron chi connectivity index (χ3n) is 5.55. The van der Waals surface area contributed by atoms with Gasteiger partial charge in [0.25, 0.3) is 11.8 Å². The zero-order valence-electron chi connectivity index (χ0n) is 19.0. The third kappa shape index (κ3) is 4.26. The Kier molecular flexibility index (Phi) is 6.20. The van der Waals surface area contributed by atoms with Crippen LogP contribution in [0.15, 0.2) is 24.4 Å². The van der Waals surface area contributed by atoms with Crippen molar-refractivity contribution in [3.63, 3.8) is 0 Å². The van der Waals surface area contributed by atoms with Gasteiger partial charge in [0.05, 0.1) is 21.1 Å². The monoisotopic (exact) mass is 534 g/mol. The molecule has 5 heterocycles.